The molecule has 1 saturated heterocycles. The van der Waals surface area contributed by atoms with Crippen molar-refractivity contribution in [3.05, 3.63) is 35.4 Å². The second-order valence-electron chi connectivity index (χ2n) is 7.28. The van der Waals surface area contributed by atoms with Crippen molar-refractivity contribution in [2.45, 2.75) is 44.3 Å². The first-order valence-corrected chi connectivity index (χ1v) is 8.82. The van der Waals surface area contributed by atoms with E-state index >= 15 is 0 Å². The summed E-state index contributed by atoms with van der Waals surface area (Å²) >= 11 is 0. The van der Waals surface area contributed by atoms with Gasteiger partial charge in [0, 0.05) is 12.5 Å². The number of hydrogen-bond donors (Lipinski definition) is 4. The normalized spacial score (nSPS) is 26.6. The molecule has 0 bridgehead atoms. The van der Waals surface area contributed by atoms with Crippen LogP contribution in [0.5, 0.6) is 0 Å². The van der Waals surface area contributed by atoms with Crippen LogP contribution >= 0.6 is 0 Å². The molecule has 0 radical (unpaired) electrons. The average Bonchev–Trinajstić information content (AvgIpc) is 3.39. The third-order valence-corrected chi connectivity index (χ3v) is 5.15. The molecule has 1 aromatic carbocycles. The van der Waals surface area contributed by atoms with Crippen LogP contribution in [0.15, 0.2) is 24.3 Å². The topological polar surface area (TPSA) is 90.5 Å². The molecule has 1 unspecified atom stereocenters. The lowest BCUT2D eigenvalue weighted by Gasteiger charge is -2.27. The molecule has 148 valence electrons. The SMILES string of the molecule is C[C@H](Cc1ccc(C(F)(F)F)cc1)C(=O)NC[C@@]1(C2CC2)NC(O)NC1=O. The Kier molecular flexibility index (Phi) is 5.18. The second kappa shape index (κ2) is 7.12. The highest BCUT2D eigenvalue weighted by Crippen LogP contribution is 2.41. The molecule has 4 N–H and O–H groups in total. The third kappa shape index (κ3) is 4.24. The predicted molar refractivity (Wildman–Crippen MR) is 90.1 cm³/mol. The lowest BCUT2D eigenvalue weighted by atomic mass is 9.92. The van der Waals surface area contributed by atoms with Crippen LogP contribution in [0.2, 0.25) is 0 Å². The first-order chi connectivity index (χ1) is 12.6. The van der Waals surface area contributed by atoms with Gasteiger partial charge >= 0.3 is 6.18 Å². The second-order valence-corrected chi connectivity index (χ2v) is 7.28. The van der Waals surface area contributed by atoms with Crippen molar-refractivity contribution >= 4 is 11.8 Å². The zero-order valence-corrected chi connectivity index (χ0v) is 14.8. The Morgan fingerprint density at radius 2 is 1.96 bits per heavy atom. The van der Waals surface area contributed by atoms with E-state index in [1.54, 1.807) is 6.92 Å². The molecule has 2 fully saturated rings. The van der Waals surface area contributed by atoms with E-state index < -0.39 is 29.5 Å². The minimum Gasteiger partial charge on any atom is -0.361 e. The van der Waals surface area contributed by atoms with Crippen LogP contribution in [0.4, 0.5) is 13.2 Å². The molecular formula is C18H22F3N3O3. The highest BCUT2D eigenvalue weighted by molar-refractivity contribution is 5.90. The van der Waals surface area contributed by atoms with Gasteiger partial charge in [0.2, 0.25) is 11.8 Å². The van der Waals surface area contributed by atoms with Gasteiger partial charge in [0.05, 0.1) is 5.56 Å². The molecule has 1 aliphatic heterocycles. The predicted octanol–water partition coefficient (Wildman–Crippen LogP) is 1.14. The molecule has 1 aromatic rings. The van der Waals surface area contributed by atoms with Gasteiger partial charge in [0.15, 0.2) is 6.35 Å². The van der Waals surface area contributed by atoms with Crippen molar-refractivity contribution < 1.29 is 27.9 Å². The van der Waals surface area contributed by atoms with Gasteiger partial charge in [-0.05, 0) is 42.9 Å². The first kappa shape index (κ1) is 19.6. The van der Waals surface area contributed by atoms with E-state index in [9.17, 15) is 27.9 Å². The monoisotopic (exact) mass is 385 g/mol. The van der Waals surface area contributed by atoms with E-state index in [-0.39, 0.29) is 30.7 Å². The van der Waals surface area contributed by atoms with Crippen molar-refractivity contribution in [1.82, 2.24) is 16.0 Å². The number of halogens is 3. The van der Waals surface area contributed by atoms with Crippen LogP contribution in [-0.2, 0) is 22.2 Å². The quantitative estimate of drug-likeness (QED) is 0.591. The number of carbonyl (C=O) groups is 2. The van der Waals surface area contributed by atoms with E-state index in [0.717, 1.165) is 25.0 Å². The number of hydrogen-bond acceptors (Lipinski definition) is 4. The Labute approximate surface area is 154 Å². The summed E-state index contributed by atoms with van der Waals surface area (Å²) in [5.74, 6) is -1.06. The highest BCUT2D eigenvalue weighted by atomic mass is 19.4. The molecule has 6 nitrogen and oxygen atoms in total. The summed E-state index contributed by atoms with van der Waals surface area (Å²) in [6, 6.07) is 4.72. The summed E-state index contributed by atoms with van der Waals surface area (Å²) in [5, 5.41) is 17.6. The van der Waals surface area contributed by atoms with E-state index in [4.69, 9.17) is 0 Å². The largest absolute Gasteiger partial charge is 0.416 e. The van der Waals surface area contributed by atoms with Gasteiger partial charge in [-0.1, -0.05) is 19.1 Å². The minimum absolute atomic E-state index is 0.0523. The van der Waals surface area contributed by atoms with Crippen LogP contribution in [0, 0.1) is 11.8 Å². The summed E-state index contributed by atoms with van der Waals surface area (Å²) in [4.78, 5) is 24.6. The molecule has 3 atom stereocenters. The third-order valence-electron chi connectivity index (χ3n) is 5.15. The molecule has 1 saturated carbocycles. The van der Waals surface area contributed by atoms with Gasteiger partial charge < -0.3 is 15.7 Å². The van der Waals surface area contributed by atoms with Gasteiger partial charge in [-0.2, -0.15) is 13.2 Å². The van der Waals surface area contributed by atoms with Crippen molar-refractivity contribution in [2.75, 3.05) is 6.54 Å². The fraction of sp³-hybridized carbons (Fsp3) is 0.556. The van der Waals surface area contributed by atoms with Crippen molar-refractivity contribution in [1.29, 1.82) is 0 Å². The average molecular weight is 385 g/mol. The smallest absolute Gasteiger partial charge is 0.361 e. The molecule has 2 amide bonds. The van der Waals surface area contributed by atoms with Gasteiger partial charge in [-0.15, -0.1) is 0 Å². The Morgan fingerprint density at radius 1 is 1.33 bits per heavy atom. The summed E-state index contributed by atoms with van der Waals surface area (Å²) in [6.45, 7) is 1.73. The number of benzene rings is 1. The molecular weight excluding hydrogens is 363 g/mol. The fourth-order valence-electron chi connectivity index (χ4n) is 3.43. The molecule has 0 spiro atoms. The lowest BCUT2D eigenvalue weighted by Crippen LogP contribution is -2.57. The standard InChI is InChI=1S/C18H22F3N3O3/c1-10(8-11-2-4-13(5-3-11)18(19,20)21)14(25)22-9-17(12-6-7-12)15(26)23-16(27)24-17/h2-5,10,12,16,24,27H,6-9H2,1H3,(H,22,25)(H,23,26)/t10-,16?,17+/m1/s1. The number of alkyl halides is 3. The zero-order valence-electron chi connectivity index (χ0n) is 14.8. The molecule has 3 rings (SSSR count). The van der Waals surface area contributed by atoms with Gasteiger partial charge in [0.25, 0.3) is 0 Å². The Hall–Kier alpha value is -2.13. The number of rotatable bonds is 6. The number of nitrogens with one attached hydrogen (secondary N) is 3. The van der Waals surface area contributed by atoms with Gasteiger partial charge in [0.1, 0.15) is 5.54 Å². The van der Waals surface area contributed by atoms with E-state index in [2.05, 4.69) is 16.0 Å². The summed E-state index contributed by atoms with van der Waals surface area (Å²) in [7, 11) is 0. The number of aliphatic hydroxyl groups excluding tert-OH is 1. The van der Waals surface area contributed by atoms with E-state index in [0.29, 0.717) is 5.56 Å². The fourth-order valence-corrected chi connectivity index (χ4v) is 3.43. The zero-order chi connectivity index (χ0) is 19.8. The molecule has 27 heavy (non-hydrogen) atoms. The number of amides is 2. The Balaban J connectivity index is 1.57. The first-order valence-electron chi connectivity index (χ1n) is 8.82. The maximum Gasteiger partial charge on any atom is 0.416 e. The summed E-state index contributed by atoms with van der Waals surface area (Å²) in [5.41, 5.74) is -1.12. The maximum absolute atomic E-state index is 12.6. The van der Waals surface area contributed by atoms with E-state index in [1.807, 2.05) is 0 Å². The van der Waals surface area contributed by atoms with Crippen molar-refractivity contribution in [2.24, 2.45) is 11.8 Å². The molecule has 1 aliphatic carbocycles. The van der Waals surface area contributed by atoms with Crippen molar-refractivity contribution in [3.63, 3.8) is 0 Å². The number of carbonyl (C=O) groups excluding carboxylic acids is 2. The molecule has 1 heterocycles. The summed E-state index contributed by atoms with van der Waals surface area (Å²) < 4.78 is 37.8. The minimum atomic E-state index is -4.39. The molecule has 2 aliphatic rings. The van der Waals surface area contributed by atoms with Gasteiger partial charge in [-0.25, -0.2) is 0 Å². The van der Waals surface area contributed by atoms with Crippen molar-refractivity contribution in [3.8, 4) is 0 Å². The number of aliphatic hydroxyl groups is 1. The Bertz CT molecular complexity index is 719. The molecule has 9 heteroatoms. The highest BCUT2D eigenvalue weighted by Gasteiger charge is 2.55. The lowest BCUT2D eigenvalue weighted by molar-refractivity contribution is -0.137. The van der Waals surface area contributed by atoms with Crippen LogP contribution in [0.25, 0.3) is 0 Å². The van der Waals surface area contributed by atoms with Crippen LogP contribution in [-0.4, -0.2) is 35.4 Å². The van der Waals surface area contributed by atoms with E-state index in [1.165, 1.54) is 12.1 Å². The molecule has 0 aromatic heterocycles. The van der Waals surface area contributed by atoms with Gasteiger partial charge in [-0.3, -0.25) is 14.9 Å². The van der Waals surface area contributed by atoms with Crippen LogP contribution in [0.3, 0.4) is 0 Å². The maximum atomic E-state index is 12.6. The van der Waals surface area contributed by atoms with Crippen LogP contribution < -0.4 is 16.0 Å². The van der Waals surface area contributed by atoms with Crippen LogP contribution in [0.1, 0.15) is 30.9 Å². The Morgan fingerprint density at radius 3 is 2.44 bits per heavy atom. The summed E-state index contributed by atoms with van der Waals surface area (Å²) in [6.07, 6.45) is -3.57.